The van der Waals surface area contributed by atoms with Gasteiger partial charge >= 0.3 is 0 Å². The molecule has 6 heteroatoms. The number of hydrazone groups is 1. The van der Waals surface area contributed by atoms with Gasteiger partial charge < -0.3 is 5.21 Å². The number of aryl methyl sites for hydroxylation is 1. The molecule has 0 heterocycles. The summed E-state index contributed by atoms with van der Waals surface area (Å²) in [6.45, 7) is 1.84. The summed E-state index contributed by atoms with van der Waals surface area (Å²) in [6, 6.07) is 14.0. The molecule has 2 rings (SSSR count). The predicted octanol–water partition coefficient (Wildman–Crippen LogP) is 3.24. The van der Waals surface area contributed by atoms with Gasteiger partial charge in [-0.15, -0.1) is 0 Å². The predicted molar refractivity (Wildman–Crippen MR) is 86.9 cm³/mol. The monoisotopic (exact) mass is 315 g/mol. The number of rotatable bonds is 4. The molecule has 112 valence electrons. The summed E-state index contributed by atoms with van der Waals surface area (Å²) in [6.07, 6.45) is 1.13. The third kappa shape index (κ3) is 3.93. The van der Waals surface area contributed by atoms with Crippen molar-refractivity contribution in [1.29, 1.82) is 0 Å². The molecular weight excluding hydrogens is 302 g/mol. The van der Waals surface area contributed by atoms with Gasteiger partial charge in [0, 0.05) is 16.1 Å². The van der Waals surface area contributed by atoms with E-state index < -0.39 is 0 Å². The number of amides is 1. The number of nitrogens with one attached hydrogen (secondary N) is 1. The van der Waals surface area contributed by atoms with Crippen molar-refractivity contribution in [3.63, 3.8) is 0 Å². The van der Waals surface area contributed by atoms with Crippen LogP contribution in [0.3, 0.4) is 0 Å². The Morgan fingerprint density at radius 3 is 2.68 bits per heavy atom. The molecule has 0 radical (unpaired) electrons. The van der Waals surface area contributed by atoms with E-state index >= 15 is 0 Å². The van der Waals surface area contributed by atoms with Gasteiger partial charge in [-0.25, -0.2) is 5.43 Å². The van der Waals surface area contributed by atoms with Crippen LogP contribution in [0.4, 0.5) is 0 Å². The molecule has 0 atom stereocenters. The third-order valence-electron chi connectivity index (χ3n) is 2.97. The summed E-state index contributed by atoms with van der Waals surface area (Å²) in [7, 11) is 0. The second kappa shape index (κ2) is 7.38. The summed E-state index contributed by atoms with van der Waals surface area (Å²) in [5.41, 5.74) is 4.72. The Balaban J connectivity index is 2.25. The Bertz CT molecular complexity index is 742. The van der Waals surface area contributed by atoms with Crippen LogP contribution in [0.15, 0.2) is 58.8 Å². The minimum absolute atomic E-state index is 0.284. The molecule has 5 nitrogen and oxygen atoms in total. The van der Waals surface area contributed by atoms with Crippen LogP contribution < -0.4 is 5.43 Å². The Morgan fingerprint density at radius 2 is 2.00 bits per heavy atom. The van der Waals surface area contributed by atoms with Crippen molar-refractivity contribution < 1.29 is 10.0 Å². The van der Waals surface area contributed by atoms with Crippen LogP contribution in [-0.4, -0.2) is 23.0 Å². The van der Waals surface area contributed by atoms with E-state index in [2.05, 4.69) is 15.7 Å². The molecule has 0 aliphatic rings. The summed E-state index contributed by atoms with van der Waals surface area (Å²) < 4.78 is 0. The fourth-order valence-electron chi connectivity index (χ4n) is 1.87. The first kappa shape index (κ1) is 15.7. The van der Waals surface area contributed by atoms with Crippen molar-refractivity contribution in [2.75, 3.05) is 0 Å². The van der Waals surface area contributed by atoms with Crippen LogP contribution in [0.1, 0.15) is 21.5 Å². The minimum atomic E-state index is -0.344. The molecule has 0 unspecified atom stereocenters. The lowest BCUT2D eigenvalue weighted by Crippen LogP contribution is -2.21. The van der Waals surface area contributed by atoms with Crippen molar-refractivity contribution >= 4 is 29.4 Å². The third-order valence-corrected chi connectivity index (χ3v) is 3.20. The van der Waals surface area contributed by atoms with Crippen molar-refractivity contribution in [3.8, 4) is 0 Å². The normalized spacial score (nSPS) is 11.6. The van der Waals surface area contributed by atoms with Crippen molar-refractivity contribution in [3.05, 3.63) is 70.2 Å². The van der Waals surface area contributed by atoms with E-state index in [1.807, 2.05) is 19.1 Å². The second-order valence-electron chi connectivity index (χ2n) is 4.51. The molecule has 22 heavy (non-hydrogen) atoms. The number of nitrogens with zero attached hydrogens (tertiary/aromatic N) is 2. The van der Waals surface area contributed by atoms with Crippen LogP contribution in [-0.2, 0) is 0 Å². The van der Waals surface area contributed by atoms with Gasteiger partial charge in [-0.2, -0.15) is 5.10 Å². The summed E-state index contributed by atoms with van der Waals surface area (Å²) in [5, 5.41) is 16.2. The lowest BCUT2D eigenvalue weighted by atomic mass is 10.1. The first-order chi connectivity index (χ1) is 10.6. The van der Waals surface area contributed by atoms with E-state index in [9.17, 15) is 4.79 Å². The highest BCUT2D eigenvalue weighted by molar-refractivity contribution is 6.39. The quantitative estimate of drug-likeness (QED) is 0.516. The van der Waals surface area contributed by atoms with Gasteiger partial charge in [0.15, 0.2) is 0 Å². The standard InChI is InChI=1S/C16H14ClN3O2/c1-11-5-2-3-8-14(11)16(21)20-19-15(10-18-22)12-6-4-7-13(17)9-12/h2-10,22H,1H3,(H,20,21). The average Bonchev–Trinajstić information content (AvgIpc) is 2.51. The number of hydrogen-bond donors (Lipinski definition) is 2. The zero-order valence-electron chi connectivity index (χ0n) is 11.8. The highest BCUT2D eigenvalue weighted by Crippen LogP contribution is 2.11. The van der Waals surface area contributed by atoms with Crippen LogP contribution in [0.5, 0.6) is 0 Å². The van der Waals surface area contributed by atoms with Crippen LogP contribution in [0, 0.1) is 6.92 Å². The Kier molecular flexibility index (Phi) is 5.27. The van der Waals surface area contributed by atoms with E-state index in [-0.39, 0.29) is 11.6 Å². The number of halogens is 1. The topological polar surface area (TPSA) is 74.0 Å². The molecule has 0 aromatic heterocycles. The molecule has 1 amide bonds. The van der Waals surface area contributed by atoms with E-state index in [1.165, 1.54) is 0 Å². The molecule has 0 bridgehead atoms. The fourth-order valence-corrected chi connectivity index (χ4v) is 2.06. The maximum atomic E-state index is 12.1. The number of benzene rings is 2. The van der Waals surface area contributed by atoms with Crippen LogP contribution in [0.25, 0.3) is 0 Å². The Morgan fingerprint density at radius 1 is 1.23 bits per heavy atom. The minimum Gasteiger partial charge on any atom is -0.411 e. The maximum Gasteiger partial charge on any atom is 0.271 e. The van der Waals surface area contributed by atoms with Gasteiger partial charge in [-0.05, 0) is 30.7 Å². The van der Waals surface area contributed by atoms with Gasteiger partial charge in [0.2, 0.25) is 0 Å². The van der Waals surface area contributed by atoms with Gasteiger partial charge in [0.25, 0.3) is 5.91 Å². The van der Waals surface area contributed by atoms with E-state index in [0.29, 0.717) is 16.1 Å². The molecule has 0 saturated heterocycles. The molecule has 0 fully saturated rings. The van der Waals surface area contributed by atoms with Gasteiger partial charge in [-0.1, -0.05) is 47.1 Å². The Labute approximate surface area is 132 Å². The molecule has 2 aromatic rings. The van der Waals surface area contributed by atoms with Gasteiger partial charge in [0.1, 0.15) is 5.71 Å². The van der Waals surface area contributed by atoms with Crippen molar-refractivity contribution in [2.24, 2.45) is 10.3 Å². The smallest absolute Gasteiger partial charge is 0.271 e. The van der Waals surface area contributed by atoms with Crippen LogP contribution in [0.2, 0.25) is 5.02 Å². The molecule has 0 aliphatic carbocycles. The molecular formula is C16H14ClN3O2. The zero-order chi connectivity index (χ0) is 15.9. The average molecular weight is 316 g/mol. The Hall–Kier alpha value is -2.66. The lowest BCUT2D eigenvalue weighted by molar-refractivity contribution is 0.0954. The number of carbonyl (C=O) groups excluding carboxylic acids is 1. The zero-order valence-corrected chi connectivity index (χ0v) is 12.6. The van der Waals surface area contributed by atoms with E-state index in [0.717, 1.165) is 11.8 Å². The maximum absolute atomic E-state index is 12.1. The highest BCUT2D eigenvalue weighted by Gasteiger charge is 2.08. The SMILES string of the molecule is Cc1ccccc1C(=O)NN=C(C=NO)c1cccc(Cl)c1. The van der Waals surface area contributed by atoms with Crippen molar-refractivity contribution in [2.45, 2.75) is 6.92 Å². The van der Waals surface area contributed by atoms with Crippen molar-refractivity contribution in [1.82, 2.24) is 5.43 Å². The number of oxime groups is 1. The highest BCUT2D eigenvalue weighted by atomic mass is 35.5. The summed E-state index contributed by atoms with van der Waals surface area (Å²) >= 11 is 5.92. The van der Waals surface area contributed by atoms with E-state index in [1.54, 1.807) is 36.4 Å². The molecule has 2 aromatic carbocycles. The summed E-state index contributed by atoms with van der Waals surface area (Å²) in [4.78, 5) is 12.1. The lowest BCUT2D eigenvalue weighted by Gasteiger charge is -2.05. The number of hydrogen-bond acceptors (Lipinski definition) is 4. The first-order valence-corrected chi connectivity index (χ1v) is 6.86. The van der Waals surface area contributed by atoms with Crippen LogP contribution >= 0.6 is 11.6 Å². The van der Waals surface area contributed by atoms with Gasteiger partial charge in [0.05, 0.1) is 6.21 Å². The summed E-state index contributed by atoms with van der Waals surface area (Å²) in [5.74, 6) is -0.344. The van der Waals surface area contributed by atoms with Gasteiger partial charge in [-0.3, -0.25) is 4.79 Å². The first-order valence-electron chi connectivity index (χ1n) is 6.49. The fraction of sp³-hybridized carbons (Fsp3) is 0.0625. The molecule has 0 spiro atoms. The number of carbonyl (C=O) groups is 1. The van der Waals surface area contributed by atoms with E-state index in [4.69, 9.17) is 16.8 Å². The largest absolute Gasteiger partial charge is 0.411 e. The molecule has 0 saturated carbocycles. The molecule has 2 N–H and O–H groups in total. The second-order valence-corrected chi connectivity index (χ2v) is 4.94. The molecule has 0 aliphatic heterocycles.